The maximum atomic E-state index is 5.78. The van der Waals surface area contributed by atoms with Crippen LogP contribution in [0, 0.1) is 0 Å². The monoisotopic (exact) mass is 258 g/mol. The van der Waals surface area contributed by atoms with Gasteiger partial charge in [-0.15, -0.1) is 0 Å². The van der Waals surface area contributed by atoms with Gasteiger partial charge in [-0.25, -0.2) is 4.98 Å². The Hall–Kier alpha value is -1.55. The third-order valence-electron chi connectivity index (χ3n) is 3.89. The van der Waals surface area contributed by atoms with E-state index >= 15 is 0 Å². The van der Waals surface area contributed by atoms with E-state index < -0.39 is 0 Å². The van der Waals surface area contributed by atoms with Crippen molar-refractivity contribution in [2.24, 2.45) is 5.73 Å². The average Bonchev–Trinajstić information content (AvgIpc) is 2.64. The maximum absolute atomic E-state index is 5.78. The molecule has 4 heteroatoms. The number of nitrogens with two attached hydrogens (primary N) is 1. The Kier molecular flexibility index (Phi) is 3.69. The van der Waals surface area contributed by atoms with Crippen LogP contribution in [0.25, 0.3) is 5.65 Å². The topological polar surface area (TPSA) is 46.6 Å². The average molecular weight is 258 g/mol. The lowest BCUT2D eigenvalue weighted by atomic mass is 10.2. The summed E-state index contributed by atoms with van der Waals surface area (Å²) in [6, 6.07) is 6.17. The van der Waals surface area contributed by atoms with Gasteiger partial charge in [0.05, 0.1) is 5.69 Å². The van der Waals surface area contributed by atoms with Crippen molar-refractivity contribution in [2.75, 3.05) is 24.5 Å². The minimum atomic E-state index is 0.670. The smallest absolute Gasteiger partial charge is 0.151 e. The van der Waals surface area contributed by atoms with E-state index in [9.17, 15) is 0 Å². The number of pyridine rings is 1. The molecule has 1 aliphatic heterocycles. The van der Waals surface area contributed by atoms with Crippen LogP contribution in [0.1, 0.15) is 31.4 Å². The molecule has 0 aromatic carbocycles. The summed E-state index contributed by atoms with van der Waals surface area (Å²) in [5.74, 6) is 1.15. The number of fused-ring (bicyclic) bond motifs is 1. The molecule has 0 amide bonds. The van der Waals surface area contributed by atoms with Gasteiger partial charge in [0.2, 0.25) is 0 Å². The molecule has 19 heavy (non-hydrogen) atoms. The Bertz CT molecular complexity index is 538. The standard InChI is InChI=1S/C15H22N4/c16-9-8-13-15(18-10-4-1-2-5-11-18)17-14-7-3-6-12-19(13)14/h3,6-7,12H,1-2,4-5,8-11,16H2. The van der Waals surface area contributed by atoms with Crippen molar-refractivity contribution in [3.63, 3.8) is 0 Å². The first-order valence-electron chi connectivity index (χ1n) is 7.31. The minimum Gasteiger partial charge on any atom is -0.355 e. The number of hydrogen-bond acceptors (Lipinski definition) is 3. The third kappa shape index (κ3) is 2.45. The summed E-state index contributed by atoms with van der Waals surface area (Å²) in [7, 11) is 0. The van der Waals surface area contributed by atoms with Crippen molar-refractivity contribution in [3.8, 4) is 0 Å². The van der Waals surface area contributed by atoms with E-state index in [4.69, 9.17) is 10.7 Å². The molecule has 0 spiro atoms. The molecule has 0 bridgehead atoms. The molecule has 0 unspecified atom stereocenters. The molecular weight excluding hydrogens is 236 g/mol. The molecule has 0 aliphatic carbocycles. The molecular formula is C15H22N4. The second-order valence-corrected chi connectivity index (χ2v) is 5.25. The zero-order valence-electron chi connectivity index (χ0n) is 11.4. The van der Waals surface area contributed by atoms with Gasteiger partial charge in [-0.2, -0.15) is 0 Å². The van der Waals surface area contributed by atoms with Gasteiger partial charge in [-0.3, -0.25) is 0 Å². The Morgan fingerprint density at radius 1 is 1.11 bits per heavy atom. The lowest BCUT2D eigenvalue weighted by molar-refractivity contribution is 0.726. The van der Waals surface area contributed by atoms with E-state index in [2.05, 4.69) is 27.6 Å². The highest BCUT2D eigenvalue weighted by atomic mass is 15.2. The van der Waals surface area contributed by atoms with Crippen LogP contribution >= 0.6 is 0 Å². The van der Waals surface area contributed by atoms with Gasteiger partial charge in [0, 0.05) is 25.7 Å². The fourth-order valence-corrected chi connectivity index (χ4v) is 2.94. The molecule has 0 atom stereocenters. The van der Waals surface area contributed by atoms with Gasteiger partial charge in [-0.1, -0.05) is 18.9 Å². The van der Waals surface area contributed by atoms with Crippen molar-refractivity contribution in [1.29, 1.82) is 0 Å². The largest absolute Gasteiger partial charge is 0.355 e. The fourth-order valence-electron chi connectivity index (χ4n) is 2.94. The second-order valence-electron chi connectivity index (χ2n) is 5.25. The zero-order chi connectivity index (χ0) is 13.1. The molecule has 2 N–H and O–H groups in total. The fraction of sp³-hybridized carbons (Fsp3) is 0.533. The normalized spacial score (nSPS) is 16.8. The highest BCUT2D eigenvalue weighted by Crippen LogP contribution is 2.24. The van der Waals surface area contributed by atoms with E-state index in [1.807, 2.05) is 6.07 Å². The summed E-state index contributed by atoms with van der Waals surface area (Å²) in [5, 5.41) is 0. The van der Waals surface area contributed by atoms with Gasteiger partial charge in [0.1, 0.15) is 5.65 Å². The minimum absolute atomic E-state index is 0.670. The van der Waals surface area contributed by atoms with Gasteiger partial charge in [0.15, 0.2) is 5.82 Å². The number of anilines is 1. The molecule has 1 saturated heterocycles. The van der Waals surface area contributed by atoms with Gasteiger partial charge in [-0.05, 0) is 31.5 Å². The highest BCUT2D eigenvalue weighted by Gasteiger charge is 2.18. The Morgan fingerprint density at radius 2 is 1.89 bits per heavy atom. The van der Waals surface area contributed by atoms with E-state index in [1.165, 1.54) is 31.4 Å². The molecule has 3 heterocycles. The molecule has 0 saturated carbocycles. The predicted molar refractivity (Wildman–Crippen MR) is 78.6 cm³/mol. The van der Waals surface area contributed by atoms with Gasteiger partial charge >= 0.3 is 0 Å². The first kappa shape index (κ1) is 12.5. The molecule has 2 aromatic rings. The van der Waals surface area contributed by atoms with E-state index in [0.29, 0.717) is 6.54 Å². The number of hydrogen-bond donors (Lipinski definition) is 1. The summed E-state index contributed by atoms with van der Waals surface area (Å²) in [4.78, 5) is 7.28. The van der Waals surface area contributed by atoms with Crippen molar-refractivity contribution >= 4 is 11.5 Å². The van der Waals surface area contributed by atoms with Crippen LogP contribution in [0.3, 0.4) is 0 Å². The van der Waals surface area contributed by atoms with Crippen LogP contribution < -0.4 is 10.6 Å². The van der Waals surface area contributed by atoms with Crippen LogP contribution in [-0.2, 0) is 6.42 Å². The Balaban J connectivity index is 2.02. The van der Waals surface area contributed by atoms with Crippen LogP contribution in [-0.4, -0.2) is 29.0 Å². The van der Waals surface area contributed by atoms with E-state index in [0.717, 1.165) is 31.0 Å². The predicted octanol–water partition coefficient (Wildman–Crippen LogP) is 2.22. The molecule has 1 fully saturated rings. The van der Waals surface area contributed by atoms with Crippen molar-refractivity contribution in [3.05, 3.63) is 30.1 Å². The van der Waals surface area contributed by atoms with Gasteiger partial charge in [0.25, 0.3) is 0 Å². The first-order chi connectivity index (χ1) is 9.40. The second kappa shape index (κ2) is 5.61. The third-order valence-corrected chi connectivity index (χ3v) is 3.89. The lowest BCUT2D eigenvalue weighted by Gasteiger charge is -2.21. The highest BCUT2D eigenvalue weighted by molar-refractivity contribution is 5.56. The number of imidazole rings is 1. The SMILES string of the molecule is NCCc1c(N2CCCCCC2)nc2ccccn12. The summed E-state index contributed by atoms with van der Waals surface area (Å²) in [5.41, 5.74) is 8.08. The van der Waals surface area contributed by atoms with Crippen LogP contribution in [0.15, 0.2) is 24.4 Å². The first-order valence-corrected chi connectivity index (χ1v) is 7.31. The Morgan fingerprint density at radius 3 is 2.63 bits per heavy atom. The summed E-state index contributed by atoms with van der Waals surface area (Å²) in [6.07, 6.45) is 8.21. The van der Waals surface area contributed by atoms with Crippen LogP contribution in [0.5, 0.6) is 0 Å². The number of rotatable bonds is 3. The van der Waals surface area contributed by atoms with E-state index in [1.54, 1.807) is 0 Å². The van der Waals surface area contributed by atoms with E-state index in [-0.39, 0.29) is 0 Å². The summed E-state index contributed by atoms with van der Waals surface area (Å²) in [6.45, 7) is 2.92. The zero-order valence-corrected chi connectivity index (χ0v) is 11.4. The molecule has 1 aliphatic rings. The number of nitrogens with zero attached hydrogens (tertiary/aromatic N) is 3. The summed E-state index contributed by atoms with van der Waals surface area (Å²) >= 11 is 0. The van der Waals surface area contributed by atoms with Crippen molar-refractivity contribution in [1.82, 2.24) is 9.38 Å². The molecule has 4 nitrogen and oxygen atoms in total. The van der Waals surface area contributed by atoms with Crippen molar-refractivity contribution in [2.45, 2.75) is 32.1 Å². The molecule has 0 radical (unpaired) electrons. The molecule has 3 rings (SSSR count). The van der Waals surface area contributed by atoms with Gasteiger partial charge < -0.3 is 15.0 Å². The van der Waals surface area contributed by atoms with Crippen molar-refractivity contribution < 1.29 is 0 Å². The quantitative estimate of drug-likeness (QED) is 0.918. The molecule has 102 valence electrons. The Labute approximate surface area is 114 Å². The summed E-state index contributed by atoms with van der Waals surface area (Å²) < 4.78 is 2.19. The van der Waals surface area contributed by atoms with Crippen LogP contribution in [0.4, 0.5) is 5.82 Å². The van der Waals surface area contributed by atoms with Crippen LogP contribution in [0.2, 0.25) is 0 Å². The number of aromatic nitrogens is 2. The maximum Gasteiger partial charge on any atom is 0.151 e. The lowest BCUT2D eigenvalue weighted by Crippen LogP contribution is -2.26. The molecule has 2 aromatic heterocycles.